The van der Waals surface area contributed by atoms with Crippen LogP contribution in [0.3, 0.4) is 0 Å². The molecule has 0 amide bonds. The fourth-order valence-electron chi connectivity index (χ4n) is 20.1. The summed E-state index contributed by atoms with van der Waals surface area (Å²) in [4.78, 5) is 124. The van der Waals surface area contributed by atoms with Crippen molar-refractivity contribution in [3.8, 4) is 0 Å². The van der Waals surface area contributed by atoms with E-state index in [2.05, 4.69) is 0 Å². The first-order valence-corrected chi connectivity index (χ1v) is 46.6. The largest absolute Gasteiger partial charge is 0.509 e. The number of carbonyl (C=O) groups is 9. The molecular formula is C87H138Cl6N2O34. The van der Waals surface area contributed by atoms with Crippen LogP contribution < -0.4 is 0 Å². The van der Waals surface area contributed by atoms with Crippen LogP contribution in [0.15, 0.2) is 0 Å². The second-order valence-electron chi connectivity index (χ2n) is 37.9. The first-order valence-electron chi connectivity index (χ1n) is 44.3. The van der Waals surface area contributed by atoms with Gasteiger partial charge in [0.05, 0.1) is 96.3 Å². The molecule has 9 aliphatic heterocycles. The van der Waals surface area contributed by atoms with Gasteiger partial charge in [0.25, 0.3) is 0 Å². The quantitative estimate of drug-likeness (QED) is 0.0577. The molecule has 0 aliphatic carbocycles. The monoisotopic (exact) mass is 1960 g/mol. The van der Waals surface area contributed by atoms with Gasteiger partial charge in [-0.15, -0.1) is 0 Å². The zero-order chi connectivity index (χ0) is 97.0. The van der Waals surface area contributed by atoms with Crippen molar-refractivity contribution in [2.45, 2.75) is 392 Å². The van der Waals surface area contributed by atoms with Crippen molar-refractivity contribution in [2.24, 2.45) is 47.3 Å². The Hall–Kier alpha value is -4.23. The Kier molecular flexibility index (Phi) is 38.0. The number of nitrogens with zero attached hydrogens (tertiary/aromatic N) is 2. The highest BCUT2D eigenvalue weighted by molar-refractivity contribution is 6.68. The van der Waals surface area contributed by atoms with Crippen LogP contribution in [0.2, 0.25) is 0 Å². The molecule has 9 rings (SSSR count). The minimum atomic E-state index is -1.91. The number of aliphatic hydroxyl groups is 2. The zero-order valence-electron chi connectivity index (χ0n) is 79.0. The first kappa shape index (κ1) is 110. The van der Waals surface area contributed by atoms with Crippen molar-refractivity contribution in [2.75, 3.05) is 55.6 Å². The summed E-state index contributed by atoms with van der Waals surface area (Å²) in [5, 5.41) is 25.5. The Morgan fingerprint density at radius 1 is 0.488 bits per heavy atom. The number of Topliss-reactive ketones (excluding diaryl/α,β-unsaturated/α-hetero) is 1. The number of hydrogen-bond acceptors (Lipinski definition) is 36. The molecule has 0 spiro atoms. The van der Waals surface area contributed by atoms with E-state index < -0.39 is 267 Å². The average Bonchev–Trinajstić information content (AvgIpc) is 1.59. The second kappa shape index (κ2) is 44.5. The van der Waals surface area contributed by atoms with Crippen LogP contribution in [0.25, 0.3) is 0 Å². The molecule has 37 atom stereocenters. The van der Waals surface area contributed by atoms with Crippen molar-refractivity contribution in [3.63, 3.8) is 0 Å². The molecule has 9 fully saturated rings. The maximum Gasteiger partial charge on any atom is 0.509 e. The summed E-state index contributed by atoms with van der Waals surface area (Å²) in [5.41, 5.74) is -7.52. The van der Waals surface area contributed by atoms with Gasteiger partial charge < -0.3 is 129 Å². The molecule has 2 N–H and O–H groups in total. The molecule has 0 radical (unpaired) electrons. The molecule has 9 aliphatic rings. The molecule has 129 heavy (non-hydrogen) atoms. The number of rotatable bonds is 22. The summed E-state index contributed by atoms with van der Waals surface area (Å²) in [7, 11) is 10.3. The molecule has 9 saturated heterocycles. The van der Waals surface area contributed by atoms with Gasteiger partial charge in [-0.1, -0.05) is 138 Å². The Balaban J connectivity index is 0.000000319. The smallest absolute Gasteiger partial charge is 0.458 e. The predicted octanol–water partition coefficient (Wildman–Crippen LogP) is 12.7. The van der Waals surface area contributed by atoms with Gasteiger partial charge in [-0.25, -0.2) is 19.2 Å². The zero-order valence-corrected chi connectivity index (χ0v) is 83.5. The highest BCUT2D eigenvalue weighted by Gasteiger charge is 2.67. The first-order chi connectivity index (χ1) is 59.6. The van der Waals surface area contributed by atoms with Gasteiger partial charge in [-0.3, -0.25) is 24.0 Å². The van der Waals surface area contributed by atoms with Gasteiger partial charge >= 0.3 is 48.5 Å². The Labute approximate surface area is 786 Å². The van der Waals surface area contributed by atoms with Crippen LogP contribution in [0.4, 0.5) is 19.2 Å². The Morgan fingerprint density at radius 3 is 1.29 bits per heavy atom. The molecule has 0 aromatic rings. The number of fused-ring (bicyclic) bond motifs is 4. The number of methoxy groups -OCH3 is 2. The lowest BCUT2D eigenvalue weighted by molar-refractivity contribution is -0.322. The molecule has 0 aromatic heterocycles. The van der Waals surface area contributed by atoms with E-state index in [4.69, 9.17) is 179 Å². The minimum absolute atomic E-state index is 0.0191. The van der Waals surface area contributed by atoms with E-state index in [0.29, 0.717) is 25.7 Å². The molecule has 742 valence electrons. The Morgan fingerprint density at radius 2 is 0.891 bits per heavy atom. The SMILES string of the molecule is CCC[C@H]1OC(=O)[C@H](C)[C@@H](OC2CC(C)(OC)C(OC(=O)OCC(Cl)(Cl)Cl)C(C)O2)[C@H](C)[C@@H](OC2OC(C)CC(N(C)C)C2OC(C)=O)[C@H]2C[C@@H](C)C(O)(O2)[C@H](C)[C@H]2OC(=O)O[C@@]21C.CCC[C@H]1OC(=O)[C@H](C)[C@@H](OC2CC(C)(OC)C(OC(=O)OCC(Cl)(Cl)Cl)C(C)O2)[C@H](C)[C@@H](OC2OC(C)CC(N(C)C)C2OC(C)=O)[C@](C)(O)C[C@@H](C)C(=O)[C@H](C)[C@H]2OC(=O)O[C@@]21C. The highest BCUT2D eigenvalue weighted by atomic mass is 35.6. The molecule has 17 unspecified atom stereocenters. The lowest BCUT2D eigenvalue weighted by Crippen LogP contribution is -2.61. The van der Waals surface area contributed by atoms with E-state index in [-0.39, 0.29) is 68.6 Å². The molecule has 2 bridgehead atoms. The fourth-order valence-corrected chi connectivity index (χ4v) is 20.4. The van der Waals surface area contributed by atoms with Crippen LogP contribution in [0, 0.1) is 47.3 Å². The van der Waals surface area contributed by atoms with Crippen molar-refractivity contribution in [3.05, 3.63) is 0 Å². The standard InChI is InChI=1S/C44H70Cl3NO17.C43H68Cl3NO17/c1-15-16-29-43(11)35(63-40(53)65-43)23(4)31(50)21(2)18-41(9,54)34(62-38-33(59-27(8)49)28(48(12)13)17-22(3)57-38)24(5)32(25(6)37(51)60-29)61-30-19-42(10,55-14)36(26(7)58-30)64-39(52)56-20-44(45,46)47;1-14-15-29-41(10)34(61-39(51)64-41)24(6)43(52)20(2)16-28(63-43)32(60-37-33(57-26(8)48)27(47(11)12)17-21(3)55-37)22(4)31(23(5)36(49)58-29)59-30-18-40(9,53-13)35(25(7)56-30)62-38(50)54-19-42(44,45)46/h21-26,28-30,32-36,38,54H,15-20H2,1-14H3;20-25,27-35,37,52H,14-19H2,1-13H3/t21-,22?,23+,24+,25-,26?,28?,29-,30?,32+,33?,34-,35-,36?,38?,41-,42?,43-;20-,21?,22+,23-,24-,25?,27?,28-,29-,30?,31+,32-,33?,34-,35?,37?,40?,41-,43?/m11/s1. The summed E-state index contributed by atoms with van der Waals surface area (Å²) in [6.45, 7) is 33.9. The molecule has 36 nitrogen and oxygen atoms in total. The number of esters is 4. The van der Waals surface area contributed by atoms with E-state index in [1.165, 1.54) is 35.0 Å². The van der Waals surface area contributed by atoms with Crippen molar-refractivity contribution < 1.29 is 162 Å². The third-order valence-corrected chi connectivity index (χ3v) is 27.6. The lowest BCUT2D eigenvalue weighted by Gasteiger charge is -2.49. The van der Waals surface area contributed by atoms with Crippen molar-refractivity contribution in [1.82, 2.24) is 9.80 Å². The van der Waals surface area contributed by atoms with E-state index in [1.54, 1.807) is 83.1 Å². The molecule has 42 heteroatoms. The summed E-state index contributed by atoms with van der Waals surface area (Å²) in [6, 6.07) is -0.679. The fraction of sp³-hybridized carbons (Fsp3) is 0.897. The molecular weight excluding hydrogens is 1830 g/mol. The molecule has 9 heterocycles. The van der Waals surface area contributed by atoms with Gasteiger partial charge in [0.15, 0.2) is 78.8 Å². The predicted molar refractivity (Wildman–Crippen MR) is 462 cm³/mol. The number of carbonyl (C=O) groups excluding carboxylic acids is 9. The number of hydrogen-bond donors (Lipinski definition) is 2. The number of halogens is 6. The van der Waals surface area contributed by atoms with Crippen LogP contribution in [0.5, 0.6) is 0 Å². The summed E-state index contributed by atoms with van der Waals surface area (Å²) in [5.74, 6) is -12.1. The minimum Gasteiger partial charge on any atom is -0.458 e. The van der Waals surface area contributed by atoms with Gasteiger partial charge in [-0.2, -0.15) is 0 Å². The third kappa shape index (κ3) is 26.4. The summed E-state index contributed by atoms with van der Waals surface area (Å²) < 4.78 is 137. The van der Waals surface area contributed by atoms with E-state index in [0.717, 1.165) is 0 Å². The van der Waals surface area contributed by atoms with E-state index in [9.17, 15) is 53.4 Å². The summed E-state index contributed by atoms with van der Waals surface area (Å²) >= 11 is 34.6. The maximum absolute atomic E-state index is 14.7. The van der Waals surface area contributed by atoms with Gasteiger partial charge in [0.1, 0.15) is 42.4 Å². The number of likely N-dealkylation sites (N-methyl/N-ethyl adjacent to an activating group) is 2. The number of ether oxygens (including phenoxy) is 23. The van der Waals surface area contributed by atoms with Crippen LogP contribution in [-0.2, 0) is 133 Å². The molecule has 0 aromatic carbocycles. The third-order valence-electron chi connectivity index (χ3n) is 27.0. The van der Waals surface area contributed by atoms with Gasteiger partial charge in [0, 0.05) is 64.6 Å². The number of cyclic esters (lactones) is 2. The lowest BCUT2D eigenvalue weighted by atomic mass is 9.74. The topological polar surface area (TPSA) is 413 Å². The summed E-state index contributed by atoms with van der Waals surface area (Å²) in [6.07, 6.45) is -22.7. The van der Waals surface area contributed by atoms with Gasteiger partial charge in [0.2, 0.25) is 7.59 Å². The normalized spacial score (nSPS) is 43.2. The van der Waals surface area contributed by atoms with Gasteiger partial charge in [-0.05, 0) is 143 Å². The maximum atomic E-state index is 14.7. The van der Waals surface area contributed by atoms with Crippen LogP contribution in [-0.4, -0.2) is 312 Å². The average molecular weight is 1970 g/mol. The Bertz CT molecular complexity index is 3810. The van der Waals surface area contributed by atoms with E-state index >= 15 is 0 Å². The van der Waals surface area contributed by atoms with Crippen LogP contribution in [0.1, 0.15) is 210 Å². The number of ketones is 1. The van der Waals surface area contributed by atoms with Crippen molar-refractivity contribution >= 4 is 124 Å². The second-order valence-corrected chi connectivity index (χ2v) is 42.9. The highest BCUT2D eigenvalue weighted by Crippen LogP contribution is 2.52. The van der Waals surface area contributed by atoms with E-state index in [1.807, 2.05) is 79.5 Å². The molecule has 0 saturated carbocycles. The van der Waals surface area contributed by atoms with Crippen LogP contribution >= 0.6 is 69.6 Å². The van der Waals surface area contributed by atoms with Crippen molar-refractivity contribution in [1.29, 1.82) is 0 Å². The number of alkyl halides is 6.